The molecule has 0 saturated carbocycles. The standard InChI is InChI=1S/C20H25O4P/c1-4-5-14-25(22,15-16-10-7-6-8-11-16)20(21)19-17(23-2)12-9-13-18(19)24-3/h6-13H,4-5,14-15H2,1-3H3. The Labute approximate surface area is 149 Å². The monoisotopic (exact) mass is 360 g/mol. The summed E-state index contributed by atoms with van der Waals surface area (Å²) in [5, 5.41) is 0. The lowest BCUT2D eigenvalue weighted by Crippen LogP contribution is -2.10. The highest BCUT2D eigenvalue weighted by atomic mass is 31.2. The maximum atomic E-state index is 13.7. The van der Waals surface area contributed by atoms with Crippen molar-refractivity contribution >= 4 is 12.7 Å². The van der Waals surface area contributed by atoms with E-state index in [2.05, 4.69) is 0 Å². The first-order chi connectivity index (χ1) is 12.1. The van der Waals surface area contributed by atoms with E-state index in [4.69, 9.17) is 9.47 Å². The van der Waals surface area contributed by atoms with Gasteiger partial charge in [0.15, 0.2) is 7.14 Å². The Hall–Kier alpha value is -2.06. The summed E-state index contributed by atoms with van der Waals surface area (Å²) < 4.78 is 24.4. The predicted molar refractivity (Wildman–Crippen MR) is 101 cm³/mol. The molecule has 1 atom stereocenters. The smallest absolute Gasteiger partial charge is 0.229 e. The van der Waals surface area contributed by atoms with Gasteiger partial charge in [0.2, 0.25) is 5.52 Å². The highest BCUT2D eigenvalue weighted by Crippen LogP contribution is 2.55. The zero-order valence-electron chi connectivity index (χ0n) is 15.0. The van der Waals surface area contributed by atoms with Crippen LogP contribution in [-0.2, 0) is 10.7 Å². The molecule has 0 amide bonds. The summed E-state index contributed by atoms with van der Waals surface area (Å²) in [5.41, 5.74) is 0.825. The maximum absolute atomic E-state index is 13.7. The van der Waals surface area contributed by atoms with Crippen LogP contribution in [0.1, 0.15) is 35.7 Å². The molecule has 0 heterocycles. The number of methoxy groups -OCH3 is 2. The van der Waals surface area contributed by atoms with E-state index in [1.807, 2.05) is 37.3 Å². The number of carbonyl (C=O) groups is 1. The van der Waals surface area contributed by atoms with Crippen LogP contribution in [0.3, 0.4) is 0 Å². The molecular formula is C20H25O4P. The fraction of sp³-hybridized carbons (Fsp3) is 0.350. The molecule has 0 saturated heterocycles. The third kappa shape index (κ3) is 4.52. The normalized spacial score (nSPS) is 13.1. The molecule has 0 aliphatic heterocycles. The van der Waals surface area contributed by atoms with Gasteiger partial charge >= 0.3 is 0 Å². The van der Waals surface area contributed by atoms with Gasteiger partial charge in [-0.1, -0.05) is 49.7 Å². The van der Waals surface area contributed by atoms with Crippen LogP contribution in [0.5, 0.6) is 11.5 Å². The summed E-state index contributed by atoms with van der Waals surface area (Å²) in [6.07, 6.45) is 2.27. The first kappa shape index (κ1) is 19.3. The second-order valence-electron chi connectivity index (χ2n) is 5.95. The first-order valence-corrected chi connectivity index (χ1v) is 10.5. The molecule has 4 nitrogen and oxygen atoms in total. The molecule has 25 heavy (non-hydrogen) atoms. The molecule has 0 aliphatic rings. The summed E-state index contributed by atoms with van der Waals surface area (Å²) in [4.78, 5) is 13.3. The molecule has 1 unspecified atom stereocenters. The van der Waals surface area contributed by atoms with E-state index < -0.39 is 7.14 Å². The van der Waals surface area contributed by atoms with Gasteiger partial charge in [0, 0.05) is 12.3 Å². The Balaban J connectivity index is 2.48. The van der Waals surface area contributed by atoms with Gasteiger partial charge in [0.05, 0.1) is 14.2 Å². The van der Waals surface area contributed by atoms with Gasteiger partial charge < -0.3 is 14.0 Å². The van der Waals surface area contributed by atoms with E-state index in [1.165, 1.54) is 14.2 Å². The molecule has 0 spiro atoms. The average Bonchev–Trinajstić information content (AvgIpc) is 2.65. The first-order valence-electron chi connectivity index (χ1n) is 8.43. The fourth-order valence-electron chi connectivity index (χ4n) is 2.81. The van der Waals surface area contributed by atoms with Crippen molar-refractivity contribution in [2.75, 3.05) is 20.4 Å². The number of carbonyl (C=O) groups excluding carboxylic acids is 1. The van der Waals surface area contributed by atoms with E-state index >= 15 is 0 Å². The minimum Gasteiger partial charge on any atom is -0.496 e. The number of hydrogen-bond donors (Lipinski definition) is 0. The van der Waals surface area contributed by atoms with Gasteiger partial charge in [-0.05, 0) is 24.1 Å². The highest BCUT2D eigenvalue weighted by molar-refractivity contribution is 7.80. The Morgan fingerprint density at radius 1 is 0.960 bits per heavy atom. The van der Waals surface area contributed by atoms with E-state index in [1.54, 1.807) is 18.2 Å². The second kappa shape index (κ2) is 8.87. The lowest BCUT2D eigenvalue weighted by atomic mass is 10.2. The van der Waals surface area contributed by atoms with E-state index in [0.717, 1.165) is 18.4 Å². The quantitative estimate of drug-likeness (QED) is 0.576. The Kier molecular flexibility index (Phi) is 6.83. The van der Waals surface area contributed by atoms with Crippen LogP contribution in [0.4, 0.5) is 0 Å². The van der Waals surface area contributed by atoms with Crippen molar-refractivity contribution in [2.45, 2.75) is 25.9 Å². The largest absolute Gasteiger partial charge is 0.496 e. The molecule has 2 rings (SSSR count). The number of hydrogen-bond acceptors (Lipinski definition) is 4. The van der Waals surface area contributed by atoms with Crippen LogP contribution >= 0.6 is 7.14 Å². The maximum Gasteiger partial charge on any atom is 0.229 e. The minimum atomic E-state index is -3.15. The Morgan fingerprint density at radius 2 is 1.56 bits per heavy atom. The molecule has 0 bridgehead atoms. The Morgan fingerprint density at radius 3 is 2.08 bits per heavy atom. The highest BCUT2D eigenvalue weighted by Gasteiger charge is 2.35. The number of benzene rings is 2. The zero-order chi connectivity index (χ0) is 18.3. The van der Waals surface area contributed by atoms with Crippen molar-refractivity contribution in [3.8, 4) is 11.5 Å². The van der Waals surface area contributed by atoms with Gasteiger partial charge in [-0.15, -0.1) is 0 Å². The molecule has 2 aromatic carbocycles. The van der Waals surface area contributed by atoms with E-state index in [9.17, 15) is 9.36 Å². The SMILES string of the molecule is CCCCP(=O)(Cc1ccccc1)C(=O)c1c(OC)cccc1OC. The third-order valence-electron chi connectivity index (χ3n) is 4.17. The minimum absolute atomic E-state index is 0.258. The van der Waals surface area contributed by atoms with Crippen LogP contribution in [0.15, 0.2) is 48.5 Å². The van der Waals surface area contributed by atoms with Gasteiger partial charge in [0.25, 0.3) is 0 Å². The van der Waals surface area contributed by atoms with E-state index in [0.29, 0.717) is 17.7 Å². The summed E-state index contributed by atoms with van der Waals surface area (Å²) >= 11 is 0. The molecule has 0 fully saturated rings. The third-order valence-corrected chi connectivity index (χ3v) is 7.04. The molecule has 134 valence electrons. The number of ether oxygens (including phenoxy) is 2. The van der Waals surface area contributed by atoms with Crippen LogP contribution in [0, 0.1) is 0 Å². The molecule has 0 aromatic heterocycles. The topological polar surface area (TPSA) is 52.6 Å². The van der Waals surface area contributed by atoms with Gasteiger partial charge in [-0.25, -0.2) is 0 Å². The average molecular weight is 360 g/mol. The lowest BCUT2D eigenvalue weighted by Gasteiger charge is -2.20. The molecule has 0 radical (unpaired) electrons. The molecular weight excluding hydrogens is 335 g/mol. The van der Waals surface area contributed by atoms with Crippen LogP contribution in [-0.4, -0.2) is 25.9 Å². The molecule has 0 N–H and O–H groups in total. The van der Waals surface area contributed by atoms with Crippen molar-refractivity contribution in [1.29, 1.82) is 0 Å². The second-order valence-corrected chi connectivity index (χ2v) is 8.90. The van der Waals surface area contributed by atoms with Crippen LogP contribution in [0.2, 0.25) is 0 Å². The number of rotatable bonds is 9. The van der Waals surface area contributed by atoms with Gasteiger partial charge in [0.1, 0.15) is 17.1 Å². The summed E-state index contributed by atoms with van der Waals surface area (Å²) in [5.74, 6) is 0.795. The fourth-order valence-corrected chi connectivity index (χ4v) is 5.57. The summed E-state index contributed by atoms with van der Waals surface area (Å²) in [6.45, 7) is 2.03. The number of unbranched alkanes of at least 4 members (excludes halogenated alkanes) is 1. The summed E-state index contributed by atoms with van der Waals surface area (Å²) in [7, 11) is -0.150. The van der Waals surface area contributed by atoms with Crippen molar-refractivity contribution in [2.24, 2.45) is 0 Å². The predicted octanol–water partition coefficient (Wildman–Crippen LogP) is 5.21. The zero-order valence-corrected chi connectivity index (χ0v) is 15.9. The van der Waals surface area contributed by atoms with Crippen LogP contribution < -0.4 is 9.47 Å². The van der Waals surface area contributed by atoms with E-state index in [-0.39, 0.29) is 17.2 Å². The van der Waals surface area contributed by atoms with Gasteiger partial charge in [-0.3, -0.25) is 4.79 Å². The van der Waals surface area contributed by atoms with Crippen molar-refractivity contribution in [3.05, 3.63) is 59.7 Å². The van der Waals surface area contributed by atoms with Crippen molar-refractivity contribution in [3.63, 3.8) is 0 Å². The molecule has 5 heteroatoms. The van der Waals surface area contributed by atoms with Gasteiger partial charge in [-0.2, -0.15) is 0 Å². The summed E-state index contributed by atoms with van der Waals surface area (Å²) in [6, 6.07) is 14.7. The molecule has 2 aromatic rings. The van der Waals surface area contributed by atoms with Crippen LogP contribution in [0.25, 0.3) is 0 Å². The Bertz CT molecular complexity index is 733. The lowest BCUT2D eigenvalue weighted by molar-refractivity contribution is 0.106. The van der Waals surface area contributed by atoms with Crippen molar-refractivity contribution in [1.82, 2.24) is 0 Å². The van der Waals surface area contributed by atoms with Crippen molar-refractivity contribution < 1.29 is 18.8 Å². The molecule has 0 aliphatic carbocycles.